The minimum Gasteiger partial charge on any atom is -0.370 e. The van der Waals surface area contributed by atoms with Crippen molar-refractivity contribution in [3.05, 3.63) is 90.1 Å². The van der Waals surface area contributed by atoms with Crippen molar-refractivity contribution in [1.82, 2.24) is 57.5 Å². The van der Waals surface area contributed by atoms with E-state index in [1.54, 1.807) is 36.5 Å². The molecule has 0 radical (unpaired) electrons. The molecule has 1 aliphatic heterocycles. The van der Waals surface area contributed by atoms with E-state index in [9.17, 15) is 43.2 Å². The summed E-state index contributed by atoms with van der Waals surface area (Å²) in [5.41, 5.74) is 19.4. The maximum Gasteiger partial charge on any atom is 0.243 e. The lowest BCUT2D eigenvalue weighted by atomic mass is 10.0. The Morgan fingerprint density at radius 2 is 1.41 bits per heavy atom. The number of hydrogen-bond donors (Lipinski definition) is 13. The van der Waals surface area contributed by atoms with E-state index in [2.05, 4.69) is 62.5 Å². The van der Waals surface area contributed by atoms with Crippen molar-refractivity contribution < 1.29 is 43.2 Å². The summed E-state index contributed by atoms with van der Waals surface area (Å²) in [5.74, 6) is -7.10. The van der Waals surface area contributed by atoms with Gasteiger partial charge in [-0.25, -0.2) is 4.98 Å². The van der Waals surface area contributed by atoms with Crippen molar-refractivity contribution in [3.8, 4) is 0 Å². The Morgan fingerprint density at radius 1 is 0.757 bits per heavy atom. The normalized spacial score (nSPS) is 21.3. The van der Waals surface area contributed by atoms with Gasteiger partial charge in [-0.3, -0.25) is 48.1 Å². The molecular weight excluding hydrogens is 955 g/mol. The number of unbranched alkanes of at least 4 members (excludes halogenated alkanes) is 1. The van der Waals surface area contributed by atoms with Gasteiger partial charge in [0.1, 0.15) is 42.3 Å². The molecule has 74 heavy (non-hydrogen) atoms. The second-order valence-corrected chi connectivity index (χ2v) is 18.2. The number of fused-ring (bicyclic) bond motifs is 1. The van der Waals surface area contributed by atoms with Gasteiger partial charge in [-0.2, -0.15) is 0 Å². The number of aromatic nitrogens is 3. The molecule has 0 saturated carbocycles. The highest BCUT2D eigenvalue weighted by molar-refractivity contribution is 5.99. The molecule has 9 amide bonds. The zero-order chi connectivity index (χ0) is 53.6. The third kappa shape index (κ3) is 18.1. The predicted octanol–water partition coefficient (Wildman–Crippen LogP) is -1.25. The average Bonchev–Trinajstić information content (AvgIpc) is 4.04. The Kier molecular flexibility index (Phi) is 21.9. The van der Waals surface area contributed by atoms with Gasteiger partial charge < -0.3 is 69.7 Å². The predicted molar refractivity (Wildman–Crippen MR) is 274 cm³/mol. The lowest BCUT2D eigenvalue weighted by molar-refractivity contribution is -0.136. The Labute approximate surface area is 428 Å². The molecule has 2 aromatic carbocycles. The van der Waals surface area contributed by atoms with Crippen LogP contribution in [0.3, 0.4) is 0 Å². The first-order valence-electron chi connectivity index (χ1n) is 24.8. The summed E-state index contributed by atoms with van der Waals surface area (Å²) < 4.78 is 0. The van der Waals surface area contributed by atoms with E-state index in [0.717, 1.165) is 10.9 Å². The molecule has 24 nitrogen and oxygen atoms in total. The van der Waals surface area contributed by atoms with Crippen LogP contribution in [0.25, 0.3) is 10.9 Å². The monoisotopic (exact) mass is 1020 g/mol. The van der Waals surface area contributed by atoms with Gasteiger partial charge in [-0.15, -0.1) is 0 Å². The summed E-state index contributed by atoms with van der Waals surface area (Å²) in [6.45, 7) is 3.26. The number of amides is 9. The number of imidazole rings is 1. The van der Waals surface area contributed by atoms with Gasteiger partial charge in [0.2, 0.25) is 53.2 Å². The largest absolute Gasteiger partial charge is 0.370 e. The number of hydrogen-bond acceptors (Lipinski definition) is 11. The number of aromatic amines is 2. The van der Waals surface area contributed by atoms with E-state index < -0.39 is 102 Å². The van der Waals surface area contributed by atoms with Crippen LogP contribution in [0.2, 0.25) is 0 Å². The van der Waals surface area contributed by atoms with E-state index in [0.29, 0.717) is 29.7 Å². The molecule has 1 aliphatic rings. The van der Waals surface area contributed by atoms with Gasteiger partial charge in [-0.05, 0) is 55.7 Å². The van der Waals surface area contributed by atoms with Crippen LogP contribution in [0.4, 0.5) is 0 Å². The molecule has 398 valence electrons. The highest BCUT2D eigenvalue weighted by Gasteiger charge is 2.35. The second-order valence-electron chi connectivity index (χ2n) is 18.2. The number of nitrogens with one attached hydrogen (secondary N) is 10. The summed E-state index contributed by atoms with van der Waals surface area (Å²) in [6.07, 6.45) is 5.72. The quantitative estimate of drug-likeness (QED) is 0.0335. The molecule has 4 aromatic rings. The van der Waals surface area contributed by atoms with Crippen molar-refractivity contribution >= 4 is 70.0 Å². The molecule has 0 aliphatic carbocycles. The van der Waals surface area contributed by atoms with Gasteiger partial charge in [0, 0.05) is 68.3 Å². The first-order chi connectivity index (χ1) is 35.5. The zero-order valence-electron chi connectivity index (χ0n) is 41.7. The highest BCUT2D eigenvalue weighted by Crippen LogP contribution is 2.20. The molecule has 7 atom stereocenters. The van der Waals surface area contributed by atoms with Crippen molar-refractivity contribution in [2.75, 3.05) is 13.1 Å². The molecule has 3 heterocycles. The van der Waals surface area contributed by atoms with Crippen LogP contribution in [0, 0.1) is 0 Å². The third-order valence-corrected chi connectivity index (χ3v) is 12.3. The van der Waals surface area contributed by atoms with Crippen molar-refractivity contribution in [1.29, 1.82) is 0 Å². The number of H-pyrrole nitrogens is 2. The maximum absolute atomic E-state index is 14.7. The summed E-state index contributed by atoms with van der Waals surface area (Å²) in [6, 6.07) is 6.67. The minimum atomic E-state index is -1.58. The molecule has 0 bridgehead atoms. The van der Waals surface area contributed by atoms with Crippen molar-refractivity contribution in [3.63, 3.8) is 0 Å². The standard InChI is InChI=1S/C50H69N15O9/c1-3-4-16-36(59-29(2)66)44(69)65-41-25-42(67)55-20-11-10-18-35(43(51)68)60-47(72)39(23-31-26-57-34-17-9-8-15-33(31)34)63-45(70)37(19-12-21-56-50(52)53)61-46(71)38(22-30-13-6-5-7-14-30)62-48(73)40(64-49(41)74)24-32-27-54-28-58-32/h5-9,13-15,17,26-28,35-41,57H,3-4,10-12,16,18-25H2,1-2H3,(H2,51,68)(H,54,58)(H,55,67)(H,59,66)(H,60,72)(H,61,71)(H,62,73)(H,63,70)(H,64,74)(H,65,69)(H4,52,53,56)/t35-,36-,37-,38?,39-,40?,41-/m0/s1. The van der Waals surface area contributed by atoms with Crippen LogP contribution in [0.1, 0.15) is 88.5 Å². The Morgan fingerprint density at radius 3 is 2.08 bits per heavy atom. The number of carbonyl (C=O) groups is 9. The molecule has 16 N–H and O–H groups in total. The number of benzene rings is 2. The lowest BCUT2D eigenvalue weighted by Gasteiger charge is -2.28. The van der Waals surface area contributed by atoms with Crippen LogP contribution in [-0.4, -0.2) is 129 Å². The summed E-state index contributed by atoms with van der Waals surface area (Å²) in [7, 11) is 0. The number of nitrogens with two attached hydrogens (primary N) is 3. The first kappa shape index (κ1) is 56.6. The first-order valence-corrected chi connectivity index (χ1v) is 24.8. The maximum atomic E-state index is 14.7. The summed E-state index contributed by atoms with van der Waals surface area (Å²) in [4.78, 5) is 139. The molecule has 2 unspecified atom stereocenters. The Bertz CT molecular complexity index is 2580. The number of aliphatic imine (C=N–C) groups is 1. The van der Waals surface area contributed by atoms with E-state index in [-0.39, 0.29) is 76.8 Å². The van der Waals surface area contributed by atoms with Crippen molar-refractivity contribution in [2.24, 2.45) is 22.2 Å². The van der Waals surface area contributed by atoms with E-state index in [4.69, 9.17) is 17.2 Å². The number of nitrogens with zero attached hydrogens (tertiary/aromatic N) is 2. The smallest absolute Gasteiger partial charge is 0.243 e. The molecule has 0 spiro atoms. The van der Waals surface area contributed by atoms with Gasteiger partial charge in [0.25, 0.3) is 0 Å². The van der Waals surface area contributed by atoms with E-state index in [1.165, 1.54) is 19.4 Å². The van der Waals surface area contributed by atoms with Gasteiger partial charge in [-0.1, -0.05) is 68.3 Å². The van der Waals surface area contributed by atoms with Crippen LogP contribution < -0.4 is 59.7 Å². The zero-order valence-corrected chi connectivity index (χ0v) is 41.7. The van der Waals surface area contributed by atoms with E-state index >= 15 is 0 Å². The molecular formula is C50H69N15O9. The molecule has 1 fully saturated rings. The van der Waals surface area contributed by atoms with Crippen LogP contribution in [0.5, 0.6) is 0 Å². The summed E-state index contributed by atoms with van der Waals surface area (Å²) >= 11 is 0. The third-order valence-electron chi connectivity index (χ3n) is 12.3. The fourth-order valence-electron chi connectivity index (χ4n) is 8.40. The molecule has 2 aromatic heterocycles. The topological polar surface area (TPSA) is 385 Å². The van der Waals surface area contributed by atoms with Gasteiger partial charge >= 0.3 is 0 Å². The number of guanidine groups is 1. The number of carbonyl (C=O) groups excluding carboxylic acids is 9. The highest BCUT2D eigenvalue weighted by atomic mass is 16.2. The SMILES string of the molecule is CCCC[C@H](NC(C)=O)C(=O)N[C@H]1CC(=O)NCCCC[C@@H](C(N)=O)NC(=O)[C@H](Cc2c[nH]c3ccccc23)NC(=O)[C@H](CCCN=C(N)N)NC(=O)C(Cc2ccccc2)NC(=O)C(Cc2cnc[nH]2)NC1=O. The Hall–Kier alpha value is -8.31. The molecule has 1 saturated heterocycles. The molecule has 24 heteroatoms. The Balaban J connectivity index is 1.55. The summed E-state index contributed by atoms with van der Waals surface area (Å²) in [5, 5.41) is 22.4. The van der Waals surface area contributed by atoms with Crippen LogP contribution in [0.15, 0.2) is 78.3 Å². The fourth-order valence-corrected chi connectivity index (χ4v) is 8.40. The molecule has 5 rings (SSSR count). The number of rotatable bonds is 17. The van der Waals surface area contributed by atoms with Gasteiger partial charge in [0.15, 0.2) is 5.96 Å². The van der Waals surface area contributed by atoms with Crippen molar-refractivity contribution in [2.45, 2.75) is 133 Å². The van der Waals surface area contributed by atoms with E-state index in [1.807, 2.05) is 31.2 Å². The lowest BCUT2D eigenvalue weighted by Crippen LogP contribution is -2.61. The fraction of sp³-hybridized carbons (Fsp3) is 0.460. The number of para-hydroxylation sites is 1. The second kappa shape index (κ2) is 28.7. The minimum absolute atomic E-state index is 0.0408. The van der Waals surface area contributed by atoms with Crippen LogP contribution >= 0.6 is 0 Å². The average molecular weight is 1020 g/mol. The number of primary amides is 1. The van der Waals surface area contributed by atoms with Gasteiger partial charge in [0.05, 0.1) is 12.7 Å². The van der Waals surface area contributed by atoms with Crippen LogP contribution in [-0.2, 0) is 62.4 Å².